The van der Waals surface area contributed by atoms with Gasteiger partial charge in [0.1, 0.15) is 0 Å². The number of unbranched alkanes of at least 4 members (excludes halogenated alkanes) is 3. The molecular formula is C13H24N4S. The fourth-order valence-electron chi connectivity index (χ4n) is 1.62. The SMILES string of the molecule is CCCCCCNC(N)=NCC(C)c1nccs1. The minimum absolute atomic E-state index is 0.338. The molecule has 0 bridgehead atoms. The van der Waals surface area contributed by atoms with Crippen LogP contribution < -0.4 is 11.1 Å². The van der Waals surface area contributed by atoms with Crippen LogP contribution in [0.1, 0.15) is 50.5 Å². The number of guanidine groups is 1. The number of aromatic nitrogens is 1. The van der Waals surface area contributed by atoms with Gasteiger partial charge in [-0.1, -0.05) is 33.1 Å². The standard InChI is InChI=1S/C13H24N4S/c1-3-4-5-6-7-16-13(14)17-10-11(2)12-15-8-9-18-12/h8-9,11H,3-7,10H2,1-2H3,(H3,14,16,17). The van der Waals surface area contributed by atoms with E-state index in [0.29, 0.717) is 18.4 Å². The molecular weight excluding hydrogens is 244 g/mol. The van der Waals surface area contributed by atoms with Gasteiger partial charge in [-0.15, -0.1) is 11.3 Å². The van der Waals surface area contributed by atoms with Crippen LogP contribution in [0, 0.1) is 0 Å². The van der Waals surface area contributed by atoms with Crippen LogP contribution >= 0.6 is 11.3 Å². The summed E-state index contributed by atoms with van der Waals surface area (Å²) in [4.78, 5) is 8.63. The van der Waals surface area contributed by atoms with E-state index in [-0.39, 0.29) is 0 Å². The van der Waals surface area contributed by atoms with E-state index in [4.69, 9.17) is 5.73 Å². The summed E-state index contributed by atoms with van der Waals surface area (Å²) in [6.07, 6.45) is 6.79. The molecule has 1 atom stereocenters. The molecule has 0 aliphatic rings. The third kappa shape index (κ3) is 6.00. The molecule has 0 spiro atoms. The minimum Gasteiger partial charge on any atom is -0.370 e. The molecule has 4 nitrogen and oxygen atoms in total. The molecule has 18 heavy (non-hydrogen) atoms. The van der Waals surface area contributed by atoms with Gasteiger partial charge >= 0.3 is 0 Å². The lowest BCUT2D eigenvalue weighted by Crippen LogP contribution is -2.32. The Hall–Kier alpha value is -1.10. The Balaban J connectivity index is 2.17. The van der Waals surface area contributed by atoms with Crippen molar-refractivity contribution in [2.24, 2.45) is 10.7 Å². The quantitative estimate of drug-likeness (QED) is 0.433. The molecule has 1 unspecified atom stereocenters. The zero-order valence-electron chi connectivity index (χ0n) is 11.4. The van der Waals surface area contributed by atoms with E-state index in [9.17, 15) is 0 Å². The Morgan fingerprint density at radius 2 is 2.33 bits per heavy atom. The molecule has 1 rings (SSSR count). The fraction of sp³-hybridized carbons (Fsp3) is 0.692. The van der Waals surface area contributed by atoms with E-state index >= 15 is 0 Å². The highest BCUT2D eigenvalue weighted by atomic mass is 32.1. The molecule has 0 aliphatic heterocycles. The van der Waals surface area contributed by atoms with E-state index in [2.05, 4.69) is 29.1 Å². The highest BCUT2D eigenvalue weighted by Gasteiger charge is 2.06. The summed E-state index contributed by atoms with van der Waals surface area (Å²) < 4.78 is 0. The second-order valence-electron chi connectivity index (χ2n) is 4.48. The third-order valence-electron chi connectivity index (χ3n) is 2.74. The van der Waals surface area contributed by atoms with Gasteiger partial charge in [0, 0.05) is 24.0 Å². The first-order valence-corrected chi connectivity index (χ1v) is 7.55. The van der Waals surface area contributed by atoms with Crippen molar-refractivity contribution in [3.8, 4) is 0 Å². The van der Waals surface area contributed by atoms with Crippen molar-refractivity contribution in [3.63, 3.8) is 0 Å². The number of hydrogen-bond donors (Lipinski definition) is 2. The molecule has 0 radical (unpaired) electrons. The monoisotopic (exact) mass is 268 g/mol. The van der Waals surface area contributed by atoms with Crippen molar-refractivity contribution in [3.05, 3.63) is 16.6 Å². The van der Waals surface area contributed by atoms with Gasteiger partial charge in [0.25, 0.3) is 0 Å². The number of aliphatic imine (C=N–C) groups is 1. The third-order valence-corrected chi connectivity index (χ3v) is 3.75. The smallest absolute Gasteiger partial charge is 0.188 e. The first kappa shape index (κ1) is 15.0. The van der Waals surface area contributed by atoms with Crippen LogP contribution in [-0.4, -0.2) is 24.0 Å². The van der Waals surface area contributed by atoms with Gasteiger partial charge in [0.2, 0.25) is 0 Å². The molecule has 102 valence electrons. The lowest BCUT2D eigenvalue weighted by Gasteiger charge is -2.07. The molecule has 5 heteroatoms. The highest BCUT2D eigenvalue weighted by Crippen LogP contribution is 2.17. The fourth-order valence-corrected chi connectivity index (χ4v) is 2.31. The molecule has 0 amide bonds. The highest BCUT2D eigenvalue weighted by molar-refractivity contribution is 7.09. The number of nitrogens with zero attached hydrogens (tertiary/aromatic N) is 2. The topological polar surface area (TPSA) is 63.3 Å². The van der Waals surface area contributed by atoms with Gasteiger partial charge in [-0.3, -0.25) is 4.99 Å². The van der Waals surface area contributed by atoms with Gasteiger partial charge in [0.15, 0.2) is 5.96 Å². The van der Waals surface area contributed by atoms with Crippen molar-refractivity contribution in [2.45, 2.75) is 45.4 Å². The van der Waals surface area contributed by atoms with Gasteiger partial charge < -0.3 is 11.1 Å². The lowest BCUT2D eigenvalue weighted by atomic mass is 10.2. The van der Waals surface area contributed by atoms with E-state index in [0.717, 1.165) is 18.0 Å². The van der Waals surface area contributed by atoms with Crippen LogP contribution in [0.2, 0.25) is 0 Å². The summed E-state index contributed by atoms with van der Waals surface area (Å²) in [6, 6.07) is 0. The molecule has 3 N–H and O–H groups in total. The Kier molecular flexibility index (Phi) is 7.41. The van der Waals surface area contributed by atoms with Crippen molar-refractivity contribution >= 4 is 17.3 Å². The summed E-state index contributed by atoms with van der Waals surface area (Å²) >= 11 is 1.67. The maximum atomic E-state index is 5.81. The Morgan fingerprint density at radius 1 is 1.50 bits per heavy atom. The summed E-state index contributed by atoms with van der Waals surface area (Å²) in [5.41, 5.74) is 5.81. The summed E-state index contributed by atoms with van der Waals surface area (Å²) in [6.45, 7) is 5.95. The molecule has 0 saturated carbocycles. The van der Waals surface area contributed by atoms with Crippen molar-refractivity contribution < 1.29 is 0 Å². The van der Waals surface area contributed by atoms with E-state index in [1.54, 1.807) is 11.3 Å². The number of nitrogens with two attached hydrogens (primary N) is 1. The molecule has 0 fully saturated rings. The summed E-state index contributed by atoms with van der Waals surface area (Å²) in [5.74, 6) is 0.889. The Labute approximate surface area is 114 Å². The van der Waals surface area contributed by atoms with Gasteiger partial charge in [0.05, 0.1) is 11.6 Å². The normalized spacial score (nSPS) is 13.6. The maximum Gasteiger partial charge on any atom is 0.188 e. The van der Waals surface area contributed by atoms with E-state index in [1.165, 1.54) is 19.3 Å². The average molecular weight is 268 g/mol. The van der Waals surface area contributed by atoms with E-state index < -0.39 is 0 Å². The van der Waals surface area contributed by atoms with Crippen molar-refractivity contribution in [2.75, 3.05) is 13.1 Å². The molecule has 0 aromatic carbocycles. The van der Waals surface area contributed by atoms with Crippen LogP contribution in [0.15, 0.2) is 16.6 Å². The number of nitrogens with one attached hydrogen (secondary N) is 1. The van der Waals surface area contributed by atoms with Crippen LogP contribution in [0.4, 0.5) is 0 Å². The number of rotatable bonds is 8. The van der Waals surface area contributed by atoms with Crippen LogP contribution in [-0.2, 0) is 0 Å². The van der Waals surface area contributed by atoms with Gasteiger partial charge in [-0.2, -0.15) is 0 Å². The minimum atomic E-state index is 0.338. The molecule has 1 aromatic heterocycles. The lowest BCUT2D eigenvalue weighted by molar-refractivity contribution is 0.651. The van der Waals surface area contributed by atoms with Crippen LogP contribution in [0.5, 0.6) is 0 Å². The zero-order chi connectivity index (χ0) is 13.2. The van der Waals surface area contributed by atoms with Crippen molar-refractivity contribution in [1.29, 1.82) is 0 Å². The Bertz CT molecular complexity index is 335. The second-order valence-corrected chi connectivity index (χ2v) is 5.41. The van der Waals surface area contributed by atoms with Crippen LogP contribution in [0.25, 0.3) is 0 Å². The summed E-state index contributed by atoms with van der Waals surface area (Å²) in [5, 5.41) is 6.26. The first-order valence-electron chi connectivity index (χ1n) is 6.67. The maximum absolute atomic E-state index is 5.81. The largest absolute Gasteiger partial charge is 0.370 e. The first-order chi connectivity index (χ1) is 8.74. The predicted molar refractivity (Wildman–Crippen MR) is 79.2 cm³/mol. The summed E-state index contributed by atoms with van der Waals surface area (Å²) in [7, 11) is 0. The number of hydrogen-bond acceptors (Lipinski definition) is 3. The second kappa shape index (κ2) is 8.91. The predicted octanol–water partition coefficient (Wildman–Crippen LogP) is 2.73. The van der Waals surface area contributed by atoms with Crippen LogP contribution in [0.3, 0.4) is 0 Å². The molecule has 0 aliphatic carbocycles. The number of thiazole rings is 1. The van der Waals surface area contributed by atoms with Gasteiger partial charge in [-0.05, 0) is 6.42 Å². The van der Waals surface area contributed by atoms with E-state index in [1.807, 2.05) is 11.6 Å². The molecule has 0 saturated heterocycles. The molecule has 1 aromatic rings. The van der Waals surface area contributed by atoms with Gasteiger partial charge in [-0.25, -0.2) is 4.98 Å². The Morgan fingerprint density at radius 3 is 3.00 bits per heavy atom. The zero-order valence-corrected chi connectivity index (χ0v) is 12.2. The van der Waals surface area contributed by atoms with Crippen molar-refractivity contribution in [1.82, 2.24) is 10.3 Å². The molecule has 1 heterocycles. The average Bonchev–Trinajstić information content (AvgIpc) is 2.89.